The van der Waals surface area contributed by atoms with Crippen molar-refractivity contribution in [2.75, 3.05) is 19.6 Å². The van der Waals surface area contributed by atoms with Crippen molar-refractivity contribution in [3.63, 3.8) is 0 Å². The van der Waals surface area contributed by atoms with E-state index >= 15 is 0 Å². The Kier molecular flexibility index (Phi) is 5.69. The molecule has 0 aliphatic carbocycles. The van der Waals surface area contributed by atoms with Gasteiger partial charge in [-0.2, -0.15) is 0 Å². The summed E-state index contributed by atoms with van der Waals surface area (Å²) in [5.74, 6) is 0. The van der Waals surface area contributed by atoms with E-state index < -0.39 is 10.0 Å². The van der Waals surface area contributed by atoms with Gasteiger partial charge in [0, 0.05) is 25.3 Å². The maximum absolute atomic E-state index is 12.2. The third-order valence-corrected chi connectivity index (χ3v) is 5.23. The molecule has 118 valence electrons. The molecular formula is C14H24N4O2S. The molecule has 3 N–H and O–H groups in total. The number of aromatic nitrogens is 1. The average molecular weight is 312 g/mol. The number of hydrogen-bond acceptors (Lipinski definition) is 5. The van der Waals surface area contributed by atoms with E-state index in [1.165, 1.54) is 31.5 Å². The summed E-state index contributed by atoms with van der Waals surface area (Å²) in [6.07, 6.45) is 5.16. The van der Waals surface area contributed by atoms with Gasteiger partial charge in [0.1, 0.15) is 0 Å². The second-order valence-corrected chi connectivity index (χ2v) is 7.22. The summed E-state index contributed by atoms with van der Waals surface area (Å²) >= 11 is 0. The minimum Gasteiger partial charge on any atom is -0.326 e. The van der Waals surface area contributed by atoms with Crippen LogP contribution in [0.2, 0.25) is 0 Å². The molecule has 1 aromatic rings. The molecule has 1 fully saturated rings. The van der Waals surface area contributed by atoms with Gasteiger partial charge < -0.3 is 5.73 Å². The van der Waals surface area contributed by atoms with Gasteiger partial charge in [-0.05, 0) is 44.5 Å². The summed E-state index contributed by atoms with van der Waals surface area (Å²) in [5, 5.41) is 0.0468. The number of sulfonamides is 1. The van der Waals surface area contributed by atoms with Crippen LogP contribution in [0.5, 0.6) is 0 Å². The topological polar surface area (TPSA) is 88.3 Å². The van der Waals surface area contributed by atoms with Gasteiger partial charge in [0.25, 0.3) is 10.0 Å². The standard InChI is InChI=1S/C14H24N4O2S/c1-12(18-7-3-2-4-8-18)10-17-21(19,20)14-6-5-13(9-15)11-16-14/h5-6,11-12,17H,2-4,7-10,15H2,1H3. The molecule has 1 aliphatic rings. The molecule has 2 rings (SSSR count). The lowest BCUT2D eigenvalue weighted by Crippen LogP contribution is -2.44. The zero-order valence-corrected chi connectivity index (χ0v) is 13.3. The maximum atomic E-state index is 12.2. The summed E-state index contributed by atoms with van der Waals surface area (Å²) in [7, 11) is -3.55. The van der Waals surface area contributed by atoms with E-state index in [1.807, 2.05) is 0 Å². The number of nitrogens with one attached hydrogen (secondary N) is 1. The van der Waals surface area contributed by atoms with Gasteiger partial charge in [-0.15, -0.1) is 0 Å². The van der Waals surface area contributed by atoms with E-state index in [0.29, 0.717) is 13.1 Å². The molecular weight excluding hydrogens is 288 g/mol. The minimum absolute atomic E-state index is 0.0468. The summed E-state index contributed by atoms with van der Waals surface area (Å²) in [6, 6.07) is 3.38. The summed E-state index contributed by atoms with van der Waals surface area (Å²) in [6.45, 7) is 4.91. The second-order valence-electron chi connectivity index (χ2n) is 5.51. The Labute approximate surface area is 126 Å². The highest BCUT2D eigenvalue weighted by Crippen LogP contribution is 2.12. The molecule has 1 aliphatic heterocycles. The van der Waals surface area contributed by atoms with Crippen LogP contribution in [0, 0.1) is 0 Å². The van der Waals surface area contributed by atoms with Crippen LogP contribution >= 0.6 is 0 Å². The molecule has 0 aromatic carbocycles. The Balaban J connectivity index is 1.93. The molecule has 1 saturated heterocycles. The molecule has 1 aromatic heterocycles. The predicted octanol–water partition coefficient (Wildman–Crippen LogP) is 0.693. The Morgan fingerprint density at radius 3 is 2.62 bits per heavy atom. The molecule has 0 spiro atoms. The van der Waals surface area contributed by atoms with Gasteiger partial charge in [-0.1, -0.05) is 12.5 Å². The number of pyridine rings is 1. The zero-order valence-electron chi connectivity index (χ0n) is 12.5. The third-order valence-electron chi connectivity index (χ3n) is 3.89. The normalized spacial score (nSPS) is 18.6. The average Bonchev–Trinajstić information content (AvgIpc) is 2.53. The molecule has 1 unspecified atom stereocenters. The van der Waals surface area contributed by atoms with Crippen LogP contribution in [0.25, 0.3) is 0 Å². The van der Waals surface area contributed by atoms with Crippen molar-refractivity contribution in [1.82, 2.24) is 14.6 Å². The Bertz CT molecular complexity index is 539. The minimum atomic E-state index is -3.55. The van der Waals surface area contributed by atoms with Crippen LogP contribution in [-0.2, 0) is 16.6 Å². The number of hydrogen-bond donors (Lipinski definition) is 2. The summed E-state index contributed by atoms with van der Waals surface area (Å²) in [5.41, 5.74) is 6.29. The number of rotatable bonds is 6. The van der Waals surface area contributed by atoms with Gasteiger partial charge in [-0.25, -0.2) is 18.1 Å². The van der Waals surface area contributed by atoms with E-state index in [2.05, 4.69) is 21.5 Å². The number of nitrogens with zero attached hydrogens (tertiary/aromatic N) is 2. The van der Waals surface area contributed by atoms with E-state index in [-0.39, 0.29) is 11.1 Å². The monoisotopic (exact) mass is 312 g/mol. The van der Waals surface area contributed by atoms with Crippen molar-refractivity contribution < 1.29 is 8.42 Å². The lowest BCUT2D eigenvalue weighted by Gasteiger charge is -2.32. The zero-order chi connectivity index (χ0) is 15.3. The molecule has 0 bridgehead atoms. The fraction of sp³-hybridized carbons (Fsp3) is 0.643. The predicted molar refractivity (Wildman–Crippen MR) is 82.2 cm³/mol. The number of likely N-dealkylation sites (tertiary alicyclic amines) is 1. The van der Waals surface area contributed by atoms with E-state index in [9.17, 15) is 8.42 Å². The summed E-state index contributed by atoms with van der Waals surface area (Å²) in [4.78, 5) is 6.30. The van der Waals surface area contributed by atoms with Crippen LogP contribution in [0.4, 0.5) is 0 Å². The fourth-order valence-electron chi connectivity index (χ4n) is 2.48. The molecule has 0 amide bonds. The SMILES string of the molecule is CC(CNS(=O)(=O)c1ccc(CN)cn1)N1CCCCC1. The molecule has 21 heavy (non-hydrogen) atoms. The lowest BCUT2D eigenvalue weighted by molar-refractivity contribution is 0.175. The first kappa shape index (κ1) is 16.4. The summed E-state index contributed by atoms with van der Waals surface area (Å²) < 4.78 is 27.0. The highest BCUT2D eigenvalue weighted by molar-refractivity contribution is 7.89. The van der Waals surface area contributed by atoms with Gasteiger partial charge in [0.2, 0.25) is 0 Å². The van der Waals surface area contributed by atoms with Crippen molar-refractivity contribution in [3.8, 4) is 0 Å². The van der Waals surface area contributed by atoms with Crippen molar-refractivity contribution in [2.24, 2.45) is 5.73 Å². The van der Waals surface area contributed by atoms with Crippen LogP contribution in [-0.4, -0.2) is 44.0 Å². The Hall–Kier alpha value is -1.02. The quantitative estimate of drug-likeness (QED) is 0.807. The van der Waals surface area contributed by atoms with Gasteiger partial charge in [0.05, 0.1) is 0 Å². The highest BCUT2D eigenvalue weighted by atomic mass is 32.2. The largest absolute Gasteiger partial charge is 0.326 e. The first-order valence-corrected chi connectivity index (χ1v) is 8.90. The van der Waals surface area contributed by atoms with E-state index in [0.717, 1.165) is 18.7 Å². The van der Waals surface area contributed by atoms with Crippen molar-refractivity contribution in [3.05, 3.63) is 23.9 Å². The van der Waals surface area contributed by atoms with Gasteiger partial charge in [0.15, 0.2) is 5.03 Å². The molecule has 0 saturated carbocycles. The van der Waals surface area contributed by atoms with Crippen molar-refractivity contribution in [1.29, 1.82) is 0 Å². The molecule has 7 heteroatoms. The Morgan fingerprint density at radius 1 is 1.33 bits per heavy atom. The van der Waals surface area contributed by atoms with Crippen LogP contribution < -0.4 is 10.5 Å². The van der Waals surface area contributed by atoms with Crippen molar-refractivity contribution >= 4 is 10.0 Å². The van der Waals surface area contributed by atoms with Gasteiger partial charge >= 0.3 is 0 Å². The first-order chi connectivity index (χ1) is 10.0. The van der Waals surface area contributed by atoms with E-state index in [1.54, 1.807) is 6.07 Å². The first-order valence-electron chi connectivity index (χ1n) is 7.41. The maximum Gasteiger partial charge on any atom is 0.258 e. The molecule has 6 nitrogen and oxygen atoms in total. The molecule has 0 radical (unpaired) electrons. The number of piperidine rings is 1. The van der Waals surface area contributed by atoms with Gasteiger partial charge in [-0.3, -0.25) is 4.90 Å². The van der Waals surface area contributed by atoms with Crippen LogP contribution in [0.1, 0.15) is 31.7 Å². The highest BCUT2D eigenvalue weighted by Gasteiger charge is 2.20. The fourth-order valence-corrected chi connectivity index (χ4v) is 3.53. The smallest absolute Gasteiger partial charge is 0.258 e. The van der Waals surface area contributed by atoms with E-state index in [4.69, 9.17) is 5.73 Å². The number of nitrogens with two attached hydrogens (primary N) is 1. The second kappa shape index (κ2) is 7.31. The van der Waals surface area contributed by atoms with Crippen molar-refractivity contribution in [2.45, 2.75) is 43.8 Å². The molecule has 1 atom stereocenters. The van der Waals surface area contributed by atoms with Crippen LogP contribution in [0.3, 0.4) is 0 Å². The third kappa shape index (κ3) is 4.47. The molecule has 2 heterocycles. The Morgan fingerprint density at radius 2 is 2.05 bits per heavy atom. The lowest BCUT2D eigenvalue weighted by atomic mass is 10.1. The van der Waals surface area contributed by atoms with Crippen LogP contribution in [0.15, 0.2) is 23.4 Å².